The summed E-state index contributed by atoms with van der Waals surface area (Å²) >= 11 is 0. The Hall–Kier alpha value is -3.47. The number of carbonyl (C=O) groups is 1. The van der Waals surface area contributed by atoms with Gasteiger partial charge in [-0.05, 0) is 96.3 Å². The first-order chi connectivity index (χ1) is 25.7. The van der Waals surface area contributed by atoms with E-state index in [1.54, 1.807) is 6.08 Å². The second kappa shape index (κ2) is 41.9. The number of aliphatic hydroxyl groups excluding tert-OH is 2. The molecule has 0 spiro atoms. The lowest BCUT2D eigenvalue weighted by molar-refractivity contribution is -0.123. The zero-order chi connectivity index (χ0) is 37.8. The Morgan fingerprint density at radius 3 is 1.33 bits per heavy atom. The normalized spacial score (nSPS) is 14.5. The van der Waals surface area contributed by atoms with Crippen LogP contribution in [0, 0.1) is 0 Å². The van der Waals surface area contributed by atoms with Crippen LogP contribution in [-0.4, -0.2) is 34.9 Å². The van der Waals surface area contributed by atoms with Crippen molar-refractivity contribution in [1.82, 2.24) is 5.32 Å². The Balaban J connectivity index is 3.71. The maximum Gasteiger partial charge on any atom is 0.220 e. The van der Waals surface area contributed by atoms with Crippen molar-refractivity contribution >= 4 is 5.91 Å². The van der Waals surface area contributed by atoms with Crippen molar-refractivity contribution < 1.29 is 15.0 Å². The zero-order valence-corrected chi connectivity index (χ0v) is 33.0. The molecule has 0 aromatic rings. The van der Waals surface area contributed by atoms with Crippen LogP contribution < -0.4 is 5.32 Å². The molecule has 2 unspecified atom stereocenters. The summed E-state index contributed by atoms with van der Waals surface area (Å²) in [6.07, 6.45) is 67.1. The van der Waals surface area contributed by atoms with Crippen molar-refractivity contribution in [3.05, 3.63) is 134 Å². The smallest absolute Gasteiger partial charge is 0.220 e. The van der Waals surface area contributed by atoms with Crippen molar-refractivity contribution in [2.24, 2.45) is 0 Å². The zero-order valence-electron chi connectivity index (χ0n) is 33.0. The minimum absolute atomic E-state index is 0.106. The van der Waals surface area contributed by atoms with Crippen molar-refractivity contribution in [2.75, 3.05) is 6.61 Å². The van der Waals surface area contributed by atoms with E-state index in [1.165, 1.54) is 12.8 Å². The third-order valence-corrected chi connectivity index (χ3v) is 8.10. The van der Waals surface area contributed by atoms with Crippen molar-refractivity contribution in [2.45, 2.75) is 154 Å². The van der Waals surface area contributed by atoms with E-state index >= 15 is 0 Å². The molecule has 0 aliphatic carbocycles. The second-order valence-corrected chi connectivity index (χ2v) is 13.0. The number of rotatable bonds is 34. The predicted molar refractivity (Wildman–Crippen MR) is 229 cm³/mol. The molecular weight excluding hydrogens is 639 g/mol. The van der Waals surface area contributed by atoms with Gasteiger partial charge in [0.2, 0.25) is 5.91 Å². The summed E-state index contributed by atoms with van der Waals surface area (Å²) in [5.41, 5.74) is 0. The molecule has 52 heavy (non-hydrogen) atoms. The number of aliphatic hydroxyl groups is 2. The van der Waals surface area contributed by atoms with Crippen LogP contribution in [0.2, 0.25) is 0 Å². The molecule has 0 saturated carbocycles. The van der Waals surface area contributed by atoms with Crippen LogP contribution in [0.3, 0.4) is 0 Å². The maximum atomic E-state index is 12.3. The number of nitrogens with one attached hydrogen (secondary N) is 1. The van der Waals surface area contributed by atoms with Gasteiger partial charge in [0.15, 0.2) is 0 Å². The number of allylic oxidation sites excluding steroid dienone is 21. The molecule has 0 aromatic carbocycles. The van der Waals surface area contributed by atoms with E-state index in [2.05, 4.69) is 141 Å². The van der Waals surface area contributed by atoms with Gasteiger partial charge in [-0.1, -0.05) is 173 Å². The second-order valence-electron chi connectivity index (χ2n) is 13.0. The van der Waals surface area contributed by atoms with Crippen LogP contribution in [0.15, 0.2) is 134 Å². The molecule has 3 N–H and O–H groups in total. The van der Waals surface area contributed by atoms with Gasteiger partial charge in [0.25, 0.3) is 0 Å². The van der Waals surface area contributed by atoms with Gasteiger partial charge in [-0.15, -0.1) is 0 Å². The molecule has 2 atom stereocenters. The van der Waals surface area contributed by atoms with E-state index in [4.69, 9.17) is 0 Å². The topological polar surface area (TPSA) is 69.6 Å². The van der Waals surface area contributed by atoms with E-state index in [1.807, 2.05) is 6.08 Å². The van der Waals surface area contributed by atoms with Gasteiger partial charge in [-0.2, -0.15) is 0 Å². The van der Waals surface area contributed by atoms with E-state index in [9.17, 15) is 15.0 Å². The molecule has 0 aliphatic rings. The molecule has 0 saturated heterocycles. The average Bonchev–Trinajstić information content (AvgIpc) is 3.15. The Bertz CT molecular complexity index is 1130. The van der Waals surface area contributed by atoms with Gasteiger partial charge in [0.05, 0.1) is 18.8 Å². The van der Waals surface area contributed by atoms with Gasteiger partial charge in [0.1, 0.15) is 0 Å². The van der Waals surface area contributed by atoms with Crippen molar-refractivity contribution in [3.63, 3.8) is 0 Å². The number of carbonyl (C=O) groups excluding carboxylic acids is 1. The Morgan fingerprint density at radius 2 is 0.865 bits per heavy atom. The van der Waals surface area contributed by atoms with E-state index < -0.39 is 12.1 Å². The van der Waals surface area contributed by atoms with Crippen molar-refractivity contribution in [3.8, 4) is 0 Å². The number of hydrogen-bond donors (Lipinski definition) is 3. The molecule has 0 radical (unpaired) electrons. The van der Waals surface area contributed by atoms with Gasteiger partial charge < -0.3 is 15.5 Å². The first-order valence-corrected chi connectivity index (χ1v) is 20.4. The minimum atomic E-state index is -0.876. The molecule has 290 valence electrons. The summed E-state index contributed by atoms with van der Waals surface area (Å²) < 4.78 is 0. The molecule has 4 heteroatoms. The lowest BCUT2D eigenvalue weighted by atomic mass is 10.1. The molecule has 0 bridgehead atoms. The summed E-state index contributed by atoms with van der Waals surface area (Å²) in [5.74, 6) is -0.106. The highest BCUT2D eigenvalue weighted by atomic mass is 16.3. The highest BCUT2D eigenvalue weighted by Gasteiger charge is 2.17. The maximum absolute atomic E-state index is 12.3. The highest BCUT2D eigenvalue weighted by Crippen LogP contribution is 2.09. The van der Waals surface area contributed by atoms with Crippen LogP contribution in [0.1, 0.15) is 142 Å². The molecule has 0 heterocycles. The molecule has 0 aromatic heterocycles. The number of unbranched alkanes of at least 4 members (excludes halogenated alkanes) is 7. The predicted octanol–water partition coefficient (Wildman–Crippen LogP) is 12.8. The Labute approximate surface area is 320 Å². The summed E-state index contributed by atoms with van der Waals surface area (Å²) in [6.45, 7) is 4.04. The van der Waals surface area contributed by atoms with Gasteiger partial charge in [-0.3, -0.25) is 4.79 Å². The lowest BCUT2D eigenvalue weighted by Crippen LogP contribution is -2.45. The third-order valence-electron chi connectivity index (χ3n) is 8.10. The van der Waals surface area contributed by atoms with Crippen molar-refractivity contribution in [1.29, 1.82) is 0 Å². The fraction of sp³-hybridized carbons (Fsp3) is 0.521. The minimum Gasteiger partial charge on any atom is -0.394 e. The van der Waals surface area contributed by atoms with E-state index in [0.29, 0.717) is 6.42 Å². The summed E-state index contributed by atoms with van der Waals surface area (Å²) in [7, 11) is 0. The summed E-state index contributed by atoms with van der Waals surface area (Å²) in [4.78, 5) is 12.3. The molecule has 1 amide bonds. The average molecular weight is 714 g/mol. The fourth-order valence-corrected chi connectivity index (χ4v) is 5.01. The Morgan fingerprint density at radius 1 is 0.481 bits per heavy atom. The van der Waals surface area contributed by atoms with Crippen LogP contribution in [0.4, 0.5) is 0 Å². The number of amides is 1. The monoisotopic (exact) mass is 714 g/mol. The van der Waals surface area contributed by atoms with Gasteiger partial charge >= 0.3 is 0 Å². The highest BCUT2D eigenvalue weighted by molar-refractivity contribution is 5.76. The van der Waals surface area contributed by atoms with Gasteiger partial charge in [-0.25, -0.2) is 0 Å². The summed E-state index contributed by atoms with van der Waals surface area (Å²) in [5, 5.41) is 22.7. The summed E-state index contributed by atoms with van der Waals surface area (Å²) in [6, 6.07) is -0.656. The van der Waals surface area contributed by atoms with Crippen LogP contribution >= 0.6 is 0 Å². The van der Waals surface area contributed by atoms with Crippen LogP contribution in [-0.2, 0) is 4.79 Å². The lowest BCUT2D eigenvalue weighted by Gasteiger charge is -2.19. The number of hydrogen-bond acceptors (Lipinski definition) is 3. The molecule has 0 rings (SSSR count). The molecule has 0 fully saturated rings. The SMILES string of the molecule is CC/C=C\C/C=C\C/C=C\C/C=C\C/C=C\C/C=C\C/C=C\C/C=C\C/C=C\CCCCCCCC(=O)NC(CO)C(O)/C=C/CC/C=C/CCC. The van der Waals surface area contributed by atoms with Gasteiger partial charge in [0, 0.05) is 6.42 Å². The van der Waals surface area contributed by atoms with Crippen LogP contribution in [0.5, 0.6) is 0 Å². The first kappa shape index (κ1) is 48.5. The third kappa shape index (κ3) is 37.8. The first-order valence-electron chi connectivity index (χ1n) is 20.4. The standard InChI is InChI=1S/C48H75NO3/c1-3-5-7-9-11-12-13-14-15-16-17-18-19-20-21-22-23-24-25-26-27-28-29-30-31-32-33-34-35-36-38-40-42-44-48(52)49-46(45-50)47(51)43-41-39-37-10-8-6-4-2/h5,7-8,10-12,14-15,17-18,20-21,23-24,26-27,29-30,32-33,41,43,46-47,50-51H,3-4,6,9,13,16,19,22,25,28,31,34-40,42,44-45H2,1-2H3,(H,49,52)/b7-5-,10-8+,12-11-,15-14-,18-17-,21-20-,24-23-,27-26-,30-29-,33-32-,43-41+. The molecule has 4 nitrogen and oxygen atoms in total. The molecule has 0 aliphatic heterocycles. The van der Waals surface area contributed by atoms with E-state index in [-0.39, 0.29) is 12.5 Å². The fourth-order valence-electron chi connectivity index (χ4n) is 5.01. The quantitative estimate of drug-likeness (QED) is 0.0459. The molecular formula is C48H75NO3. The Kier molecular flexibility index (Phi) is 39.1. The largest absolute Gasteiger partial charge is 0.394 e. The van der Waals surface area contributed by atoms with E-state index in [0.717, 1.165) is 109 Å². The van der Waals surface area contributed by atoms with Crippen LogP contribution in [0.25, 0.3) is 0 Å².